The summed E-state index contributed by atoms with van der Waals surface area (Å²) in [5, 5.41) is 10.5. The number of carboxylic acid groups (broad SMARTS) is 1. The third-order valence-corrected chi connectivity index (χ3v) is 8.68. The highest BCUT2D eigenvalue weighted by Gasteiger charge is 2.25. The number of carboxylic acids is 1. The van der Waals surface area contributed by atoms with Crippen LogP contribution >= 0.6 is 11.6 Å². The lowest BCUT2D eigenvalue weighted by molar-refractivity contribution is -0.0590. The van der Waals surface area contributed by atoms with Crippen LogP contribution in [0.2, 0.25) is 5.02 Å². The van der Waals surface area contributed by atoms with Gasteiger partial charge in [-0.25, -0.2) is 14.8 Å². The van der Waals surface area contributed by atoms with Gasteiger partial charge in [0.05, 0.1) is 40.0 Å². The van der Waals surface area contributed by atoms with Gasteiger partial charge in [0.1, 0.15) is 18.0 Å². The summed E-state index contributed by atoms with van der Waals surface area (Å²) in [5.41, 5.74) is 5.01. The summed E-state index contributed by atoms with van der Waals surface area (Å²) in [6.45, 7) is 1.60. The fourth-order valence-electron chi connectivity index (χ4n) is 5.92. The molecule has 1 aliphatic carbocycles. The molecule has 2 aromatic carbocycles. The fourth-order valence-corrected chi connectivity index (χ4v) is 6.12. The van der Waals surface area contributed by atoms with Crippen LogP contribution in [0.25, 0.3) is 27.6 Å². The number of hydrogen-bond acceptors (Lipinski definition) is 6. The second kappa shape index (κ2) is 11.5. The molecular weight excluding hydrogens is 573 g/mol. The number of furan rings is 1. The molecule has 0 bridgehead atoms. The summed E-state index contributed by atoms with van der Waals surface area (Å²) in [4.78, 5) is 21.2. The van der Waals surface area contributed by atoms with Gasteiger partial charge in [-0.2, -0.15) is 4.39 Å². The molecule has 4 heterocycles. The Hall–Kier alpha value is -4.21. The number of pyridine rings is 1. The molecule has 2 atom stereocenters. The first-order valence-corrected chi connectivity index (χ1v) is 14.8. The molecule has 43 heavy (non-hydrogen) atoms. The molecule has 0 radical (unpaired) electrons. The molecule has 0 amide bonds. The third-order valence-electron chi connectivity index (χ3n) is 8.35. The molecule has 1 saturated heterocycles. The van der Waals surface area contributed by atoms with Crippen molar-refractivity contribution in [3.8, 4) is 5.88 Å². The molecule has 0 spiro atoms. The van der Waals surface area contributed by atoms with Gasteiger partial charge in [-0.1, -0.05) is 29.8 Å². The van der Waals surface area contributed by atoms with E-state index in [0.717, 1.165) is 61.3 Å². The standard InChI is InChI=1S/C33H29ClFN3O5/c34-25-10-8-22(32-24(25)16-29(35)43-32)18-42-31-3-1-2-26(37-31)20-6-4-19(5-7-20)14-30-36-27-11-9-21(33(39)40)15-28(27)38(30)17-23-12-13-41-23/h1-3,6,8-11,15-16,19,23H,4-5,7,12-14,17-18H2,(H,39,40)/t19?,23-/m0/s1. The van der Waals surface area contributed by atoms with Gasteiger partial charge < -0.3 is 23.6 Å². The number of imidazole rings is 1. The molecule has 0 saturated carbocycles. The Morgan fingerprint density at radius 1 is 1.14 bits per heavy atom. The van der Waals surface area contributed by atoms with E-state index in [9.17, 15) is 14.3 Å². The van der Waals surface area contributed by atoms with Gasteiger partial charge in [-0.15, -0.1) is 0 Å². The molecule has 1 unspecified atom stereocenters. The molecule has 8 nitrogen and oxygen atoms in total. The summed E-state index contributed by atoms with van der Waals surface area (Å²) >= 11 is 6.18. The molecule has 7 rings (SSSR count). The second-order valence-electron chi connectivity index (χ2n) is 11.2. The first kappa shape index (κ1) is 27.6. The lowest BCUT2D eigenvalue weighted by Crippen LogP contribution is -2.32. The Labute approximate surface area is 251 Å². The predicted molar refractivity (Wildman–Crippen MR) is 160 cm³/mol. The Balaban J connectivity index is 1.05. The van der Waals surface area contributed by atoms with Crippen LogP contribution in [0.1, 0.15) is 53.1 Å². The number of halogens is 2. The number of ether oxygens (including phenoxy) is 2. The summed E-state index contributed by atoms with van der Waals surface area (Å²) in [6, 6.07) is 14.9. The normalized spacial score (nSPS) is 18.5. The van der Waals surface area contributed by atoms with Crippen molar-refractivity contribution in [3.63, 3.8) is 0 Å². The Bertz CT molecular complexity index is 1880. The van der Waals surface area contributed by atoms with Crippen molar-refractivity contribution in [1.29, 1.82) is 0 Å². The van der Waals surface area contributed by atoms with Crippen LogP contribution in [0.3, 0.4) is 0 Å². The topological polar surface area (TPSA) is 99.6 Å². The molecular formula is C33H29ClFN3O5. The van der Waals surface area contributed by atoms with Gasteiger partial charge in [0.2, 0.25) is 5.88 Å². The van der Waals surface area contributed by atoms with Crippen LogP contribution in [0.15, 0.2) is 65.1 Å². The van der Waals surface area contributed by atoms with Crippen LogP contribution in [0, 0.1) is 11.9 Å². The molecule has 220 valence electrons. The number of benzene rings is 2. The molecule has 1 N–H and O–H groups in total. The zero-order chi connectivity index (χ0) is 29.5. The van der Waals surface area contributed by atoms with Crippen molar-refractivity contribution < 1.29 is 28.2 Å². The van der Waals surface area contributed by atoms with Gasteiger partial charge in [-0.3, -0.25) is 0 Å². The molecule has 1 fully saturated rings. The number of rotatable bonds is 9. The van der Waals surface area contributed by atoms with E-state index in [1.54, 1.807) is 36.4 Å². The quantitative estimate of drug-likeness (QED) is 0.187. The number of hydrogen-bond donors (Lipinski definition) is 1. The van der Waals surface area contributed by atoms with Crippen LogP contribution in [-0.4, -0.2) is 38.3 Å². The first-order valence-electron chi connectivity index (χ1n) is 14.4. The van der Waals surface area contributed by atoms with E-state index < -0.39 is 12.0 Å². The van der Waals surface area contributed by atoms with Crippen LogP contribution < -0.4 is 4.74 Å². The van der Waals surface area contributed by atoms with Crippen molar-refractivity contribution in [1.82, 2.24) is 14.5 Å². The van der Waals surface area contributed by atoms with Gasteiger partial charge in [0.15, 0.2) is 0 Å². The maximum atomic E-state index is 13.7. The predicted octanol–water partition coefficient (Wildman–Crippen LogP) is 7.46. The van der Waals surface area contributed by atoms with Crippen LogP contribution in [0.4, 0.5) is 4.39 Å². The first-order chi connectivity index (χ1) is 20.9. The summed E-state index contributed by atoms with van der Waals surface area (Å²) in [7, 11) is 0. The number of nitrogens with zero attached hydrogens (tertiary/aromatic N) is 3. The van der Waals surface area contributed by atoms with Crippen molar-refractivity contribution in [3.05, 3.63) is 94.4 Å². The Morgan fingerprint density at radius 3 is 2.79 bits per heavy atom. The zero-order valence-electron chi connectivity index (χ0n) is 23.3. The van der Waals surface area contributed by atoms with E-state index in [4.69, 9.17) is 35.5 Å². The third kappa shape index (κ3) is 5.62. The molecule has 3 aromatic heterocycles. The number of aromatic nitrogens is 3. The molecule has 1 aliphatic heterocycles. The SMILES string of the molecule is O=C(O)c1ccc2nc(CC3CC=C(c4cccc(OCc5ccc(Cl)c6cc(F)oc56)n4)CC3)n(C[C@@H]3CCO3)c2c1. The van der Waals surface area contributed by atoms with Crippen LogP contribution in [0.5, 0.6) is 5.88 Å². The molecule has 10 heteroatoms. The largest absolute Gasteiger partial charge is 0.478 e. The number of carbonyl (C=O) groups is 1. The minimum atomic E-state index is -0.945. The highest BCUT2D eigenvalue weighted by molar-refractivity contribution is 6.35. The van der Waals surface area contributed by atoms with Gasteiger partial charge in [0, 0.05) is 36.1 Å². The van der Waals surface area contributed by atoms with E-state index in [1.807, 2.05) is 12.1 Å². The lowest BCUT2D eigenvalue weighted by Gasteiger charge is -2.28. The average molecular weight is 602 g/mol. The zero-order valence-corrected chi connectivity index (χ0v) is 24.0. The molecule has 5 aromatic rings. The Kier molecular flexibility index (Phi) is 7.36. The van der Waals surface area contributed by atoms with E-state index in [0.29, 0.717) is 39.9 Å². The van der Waals surface area contributed by atoms with E-state index >= 15 is 0 Å². The smallest absolute Gasteiger partial charge is 0.335 e. The highest BCUT2D eigenvalue weighted by Crippen LogP contribution is 2.34. The van der Waals surface area contributed by atoms with Gasteiger partial charge in [0.25, 0.3) is 6.01 Å². The lowest BCUT2D eigenvalue weighted by atomic mass is 9.86. The monoisotopic (exact) mass is 601 g/mol. The van der Waals surface area contributed by atoms with Crippen molar-refractivity contribution in [2.24, 2.45) is 5.92 Å². The Morgan fingerprint density at radius 2 is 2.02 bits per heavy atom. The minimum Gasteiger partial charge on any atom is -0.478 e. The number of fused-ring (bicyclic) bond motifs is 2. The van der Waals surface area contributed by atoms with E-state index in [-0.39, 0.29) is 18.3 Å². The van der Waals surface area contributed by atoms with E-state index in [2.05, 4.69) is 10.6 Å². The van der Waals surface area contributed by atoms with E-state index in [1.165, 1.54) is 11.6 Å². The fraction of sp³-hybridized carbons (Fsp3) is 0.303. The molecule has 2 aliphatic rings. The van der Waals surface area contributed by atoms with Gasteiger partial charge in [-0.05, 0) is 67.5 Å². The number of aromatic carboxylic acids is 1. The van der Waals surface area contributed by atoms with Crippen LogP contribution in [-0.2, 0) is 24.3 Å². The second-order valence-corrected chi connectivity index (χ2v) is 11.6. The highest BCUT2D eigenvalue weighted by atomic mass is 35.5. The van der Waals surface area contributed by atoms with Crippen molar-refractivity contribution >= 4 is 45.1 Å². The number of allylic oxidation sites excluding steroid dienone is 2. The summed E-state index contributed by atoms with van der Waals surface area (Å²) in [5.74, 6) is 0.903. The maximum Gasteiger partial charge on any atom is 0.335 e. The van der Waals surface area contributed by atoms with Crippen molar-refractivity contribution in [2.45, 2.75) is 51.4 Å². The van der Waals surface area contributed by atoms with Gasteiger partial charge >= 0.3 is 5.97 Å². The maximum absolute atomic E-state index is 13.7. The average Bonchev–Trinajstić information content (AvgIpc) is 3.55. The van der Waals surface area contributed by atoms with Crippen molar-refractivity contribution in [2.75, 3.05) is 6.61 Å². The minimum absolute atomic E-state index is 0.133. The summed E-state index contributed by atoms with van der Waals surface area (Å²) in [6.07, 6.45) is 6.92. The summed E-state index contributed by atoms with van der Waals surface area (Å²) < 4.78 is 32.7.